The van der Waals surface area contributed by atoms with Crippen molar-refractivity contribution in [3.63, 3.8) is 0 Å². The number of aromatic nitrogens is 2. The molecule has 2 rings (SSSR count). The van der Waals surface area contributed by atoms with Crippen LogP contribution in [-0.4, -0.2) is 33.7 Å². The van der Waals surface area contributed by atoms with Gasteiger partial charge in [-0.1, -0.05) is 6.07 Å². The van der Waals surface area contributed by atoms with Crippen LogP contribution in [0.4, 0.5) is 0 Å². The van der Waals surface area contributed by atoms with Gasteiger partial charge < -0.3 is 15.0 Å². The van der Waals surface area contributed by atoms with E-state index in [2.05, 4.69) is 10.3 Å². The molecule has 0 aliphatic rings. The minimum atomic E-state index is -0.113. The summed E-state index contributed by atoms with van der Waals surface area (Å²) in [6.07, 6.45) is 4.28. The van der Waals surface area contributed by atoms with Crippen LogP contribution in [0.3, 0.4) is 0 Å². The Hall–Kier alpha value is -2.14. The van der Waals surface area contributed by atoms with Crippen LogP contribution in [0.15, 0.2) is 42.7 Å². The van der Waals surface area contributed by atoms with Gasteiger partial charge in [-0.3, -0.25) is 9.78 Å². The van der Waals surface area contributed by atoms with E-state index in [4.69, 9.17) is 0 Å². The highest BCUT2D eigenvalue weighted by molar-refractivity contribution is 5.92. The molecule has 0 aliphatic carbocycles. The van der Waals surface area contributed by atoms with Crippen molar-refractivity contribution in [3.8, 4) is 0 Å². The lowest BCUT2D eigenvalue weighted by Crippen LogP contribution is -2.33. The van der Waals surface area contributed by atoms with E-state index in [1.165, 1.54) is 0 Å². The third kappa shape index (κ3) is 4.18. The number of aliphatic hydroxyl groups is 1. The Morgan fingerprint density at radius 1 is 1.32 bits per heavy atom. The monoisotopic (exact) mass is 301 g/mol. The third-order valence-corrected chi connectivity index (χ3v) is 3.60. The molecule has 2 heterocycles. The maximum atomic E-state index is 12.3. The molecule has 0 aromatic carbocycles. The van der Waals surface area contributed by atoms with Crippen LogP contribution < -0.4 is 5.32 Å². The first kappa shape index (κ1) is 16.2. The van der Waals surface area contributed by atoms with Gasteiger partial charge >= 0.3 is 0 Å². The summed E-state index contributed by atoms with van der Waals surface area (Å²) in [5, 5.41) is 12.4. The summed E-state index contributed by atoms with van der Waals surface area (Å²) in [5.74, 6) is -0.153. The number of nitrogens with zero attached hydrogens (tertiary/aromatic N) is 2. The Morgan fingerprint density at radius 3 is 2.77 bits per heavy atom. The zero-order valence-corrected chi connectivity index (χ0v) is 13.1. The third-order valence-electron chi connectivity index (χ3n) is 3.60. The summed E-state index contributed by atoms with van der Waals surface area (Å²) in [6, 6.07) is 9.62. The highest BCUT2D eigenvalue weighted by Crippen LogP contribution is 2.11. The molecule has 0 saturated carbocycles. The summed E-state index contributed by atoms with van der Waals surface area (Å²) in [4.78, 5) is 16.5. The van der Waals surface area contributed by atoms with E-state index >= 15 is 0 Å². The summed E-state index contributed by atoms with van der Waals surface area (Å²) in [6.45, 7) is 4.51. The summed E-state index contributed by atoms with van der Waals surface area (Å²) >= 11 is 0. The summed E-state index contributed by atoms with van der Waals surface area (Å²) < 4.78 is 1.93. The van der Waals surface area contributed by atoms with Gasteiger partial charge in [0.1, 0.15) is 5.69 Å². The SMILES string of the molecule is CC(C)n1cccc1C(=O)NCC(CO)Cc1ccccn1. The average molecular weight is 301 g/mol. The molecule has 5 nitrogen and oxygen atoms in total. The molecule has 2 N–H and O–H groups in total. The van der Waals surface area contributed by atoms with Crippen molar-refractivity contribution in [3.05, 3.63) is 54.1 Å². The molecule has 1 atom stereocenters. The number of carbonyl (C=O) groups is 1. The van der Waals surface area contributed by atoms with E-state index in [1.807, 2.05) is 54.9 Å². The fourth-order valence-electron chi connectivity index (χ4n) is 2.38. The van der Waals surface area contributed by atoms with Gasteiger partial charge in [0.25, 0.3) is 5.91 Å². The topological polar surface area (TPSA) is 67.2 Å². The lowest BCUT2D eigenvalue weighted by atomic mass is 10.0. The normalized spacial score (nSPS) is 12.4. The Bertz CT molecular complexity index is 593. The van der Waals surface area contributed by atoms with Crippen molar-refractivity contribution in [2.24, 2.45) is 5.92 Å². The molecule has 0 spiro atoms. The quantitative estimate of drug-likeness (QED) is 0.822. The number of nitrogens with one attached hydrogen (secondary N) is 1. The Kier molecular flexibility index (Phi) is 5.72. The predicted molar refractivity (Wildman–Crippen MR) is 85.7 cm³/mol. The predicted octanol–water partition coefficient (Wildman–Crippen LogP) is 2.04. The van der Waals surface area contributed by atoms with Gasteiger partial charge in [0.15, 0.2) is 0 Å². The van der Waals surface area contributed by atoms with Gasteiger partial charge in [-0.25, -0.2) is 0 Å². The lowest BCUT2D eigenvalue weighted by molar-refractivity contribution is 0.0929. The van der Waals surface area contributed by atoms with E-state index in [0.29, 0.717) is 18.7 Å². The van der Waals surface area contributed by atoms with Crippen LogP contribution in [0.1, 0.15) is 36.1 Å². The number of pyridine rings is 1. The van der Waals surface area contributed by atoms with Crippen molar-refractivity contribution in [1.82, 2.24) is 14.9 Å². The van der Waals surface area contributed by atoms with Gasteiger partial charge in [-0.15, -0.1) is 0 Å². The fourth-order valence-corrected chi connectivity index (χ4v) is 2.38. The second-order valence-corrected chi connectivity index (χ2v) is 5.68. The van der Waals surface area contributed by atoms with Crippen LogP contribution in [0.2, 0.25) is 0 Å². The first-order valence-electron chi connectivity index (χ1n) is 7.57. The van der Waals surface area contributed by atoms with Gasteiger partial charge in [0.2, 0.25) is 0 Å². The first-order valence-corrected chi connectivity index (χ1v) is 7.57. The molecule has 0 aliphatic heterocycles. The zero-order valence-electron chi connectivity index (χ0n) is 13.1. The second kappa shape index (κ2) is 7.75. The second-order valence-electron chi connectivity index (χ2n) is 5.68. The maximum Gasteiger partial charge on any atom is 0.267 e. The van der Waals surface area contributed by atoms with Crippen LogP contribution in [-0.2, 0) is 6.42 Å². The molecule has 2 aromatic rings. The molecule has 0 bridgehead atoms. The Morgan fingerprint density at radius 2 is 2.14 bits per heavy atom. The van der Waals surface area contributed by atoms with E-state index < -0.39 is 0 Å². The minimum absolute atomic E-state index is 0.0159. The molecule has 2 aromatic heterocycles. The van der Waals surface area contributed by atoms with E-state index in [0.717, 1.165) is 5.69 Å². The van der Waals surface area contributed by atoms with E-state index in [1.54, 1.807) is 6.20 Å². The standard InChI is InChI=1S/C17H23N3O2/c1-13(2)20-9-5-7-16(20)17(22)19-11-14(12-21)10-15-6-3-4-8-18-15/h3-9,13-14,21H,10-12H2,1-2H3,(H,19,22). The van der Waals surface area contributed by atoms with Crippen LogP contribution in [0.25, 0.3) is 0 Å². The molecule has 0 saturated heterocycles. The van der Waals surface area contributed by atoms with Crippen molar-refractivity contribution < 1.29 is 9.90 Å². The smallest absolute Gasteiger partial charge is 0.267 e. The van der Waals surface area contributed by atoms with Crippen molar-refractivity contribution in [2.75, 3.05) is 13.2 Å². The highest BCUT2D eigenvalue weighted by Gasteiger charge is 2.15. The molecule has 0 fully saturated rings. The Balaban J connectivity index is 1.92. The summed E-state index contributed by atoms with van der Waals surface area (Å²) in [5.41, 5.74) is 1.56. The molecule has 1 amide bonds. The van der Waals surface area contributed by atoms with E-state index in [-0.39, 0.29) is 24.5 Å². The van der Waals surface area contributed by atoms with Gasteiger partial charge in [0, 0.05) is 43.2 Å². The Labute approximate surface area is 131 Å². The van der Waals surface area contributed by atoms with Crippen LogP contribution >= 0.6 is 0 Å². The van der Waals surface area contributed by atoms with Crippen molar-refractivity contribution >= 4 is 5.91 Å². The highest BCUT2D eigenvalue weighted by atomic mass is 16.3. The van der Waals surface area contributed by atoms with E-state index in [9.17, 15) is 9.90 Å². The average Bonchev–Trinajstić information content (AvgIpc) is 3.02. The molecule has 118 valence electrons. The fraction of sp³-hybridized carbons (Fsp3) is 0.412. The molecular weight excluding hydrogens is 278 g/mol. The first-order chi connectivity index (χ1) is 10.6. The number of rotatable bonds is 7. The molecule has 1 unspecified atom stereocenters. The van der Waals surface area contributed by atoms with Crippen LogP contribution in [0.5, 0.6) is 0 Å². The van der Waals surface area contributed by atoms with Gasteiger partial charge in [-0.05, 0) is 44.5 Å². The molecular formula is C17H23N3O2. The number of amides is 1. The summed E-state index contributed by atoms with van der Waals surface area (Å²) in [7, 11) is 0. The van der Waals surface area contributed by atoms with Crippen LogP contribution in [0, 0.1) is 5.92 Å². The molecule has 5 heteroatoms. The molecule has 0 radical (unpaired) electrons. The lowest BCUT2D eigenvalue weighted by Gasteiger charge is -2.16. The van der Waals surface area contributed by atoms with Crippen molar-refractivity contribution in [2.45, 2.75) is 26.3 Å². The van der Waals surface area contributed by atoms with Crippen molar-refractivity contribution in [1.29, 1.82) is 0 Å². The zero-order chi connectivity index (χ0) is 15.9. The minimum Gasteiger partial charge on any atom is -0.396 e. The van der Waals surface area contributed by atoms with Gasteiger partial charge in [0.05, 0.1) is 0 Å². The number of hydrogen-bond acceptors (Lipinski definition) is 3. The van der Waals surface area contributed by atoms with Gasteiger partial charge in [-0.2, -0.15) is 0 Å². The number of hydrogen-bond donors (Lipinski definition) is 2. The number of aliphatic hydroxyl groups excluding tert-OH is 1. The molecule has 22 heavy (non-hydrogen) atoms. The maximum absolute atomic E-state index is 12.3. The number of carbonyl (C=O) groups excluding carboxylic acids is 1. The largest absolute Gasteiger partial charge is 0.396 e.